The molecule has 0 aromatic carbocycles. The molecule has 0 saturated heterocycles. The van der Waals surface area contributed by atoms with Gasteiger partial charge in [0.15, 0.2) is 0 Å². The van der Waals surface area contributed by atoms with Crippen molar-refractivity contribution in [1.29, 1.82) is 0 Å². The van der Waals surface area contributed by atoms with E-state index in [9.17, 15) is 5.11 Å². The monoisotopic (exact) mass is 216 g/mol. The van der Waals surface area contributed by atoms with Crippen LogP contribution < -0.4 is 5.73 Å². The third kappa shape index (κ3) is 3.28. The van der Waals surface area contributed by atoms with Crippen LogP contribution >= 0.6 is 0 Å². The Morgan fingerprint density at radius 3 is 2.33 bits per heavy atom. The van der Waals surface area contributed by atoms with Crippen molar-refractivity contribution in [3.63, 3.8) is 0 Å². The van der Waals surface area contributed by atoms with Crippen LogP contribution in [-0.4, -0.2) is 53.5 Å². The van der Waals surface area contributed by atoms with Gasteiger partial charge in [0, 0.05) is 6.04 Å². The number of nitrogens with two attached hydrogens (primary N) is 1. The van der Waals surface area contributed by atoms with E-state index in [1.54, 1.807) is 6.08 Å². The van der Waals surface area contributed by atoms with Gasteiger partial charge in [-0.1, -0.05) is 13.0 Å². The molecule has 0 fully saturated rings. The van der Waals surface area contributed by atoms with Crippen LogP contribution in [0.4, 0.5) is 0 Å². The highest BCUT2D eigenvalue weighted by Gasteiger charge is 2.36. The van der Waals surface area contributed by atoms with Crippen LogP contribution in [0.2, 0.25) is 0 Å². The molecule has 3 atom stereocenters. The molecule has 0 aromatic heterocycles. The lowest BCUT2D eigenvalue weighted by molar-refractivity contribution is 0.0354. The Morgan fingerprint density at radius 2 is 2.07 bits per heavy atom. The molecular weight excluding hydrogens is 192 g/mol. The fourth-order valence-electron chi connectivity index (χ4n) is 1.88. The maximum atomic E-state index is 9.54. The highest BCUT2D eigenvalue weighted by Crippen LogP contribution is 2.25. The molecule has 0 aromatic rings. The van der Waals surface area contributed by atoms with Gasteiger partial charge in [-0.2, -0.15) is 0 Å². The van der Waals surface area contributed by atoms with Crippen molar-refractivity contribution < 1.29 is 10.2 Å². The van der Waals surface area contributed by atoms with Crippen molar-refractivity contribution in [1.82, 2.24) is 4.90 Å². The van der Waals surface area contributed by atoms with Gasteiger partial charge >= 0.3 is 0 Å². The van der Waals surface area contributed by atoms with Crippen LogP contribution in [0.3, 0.4) is 0 Å². The van der Waals surface area contributed by atoms with Gasteiger partial charge in [-0.3, -0.25) is 4.90 Å². The summed E-state index contributed by atoms with van der Waals surface area (Å²) in [6.45, 7) is 5.54. The molecule has 0 heterocycles. The van der Waals surface area contributed by atoms with Crippen molar-refractivity contribution in [3.05, 3.63) is 12.7 Å². The summed E-state index contributed by atoms with van der Waals surface area (Å²) in [6.07, 6.45) is 2.19. The first-order valence-corrected chi connectivity index (χ1v) is 5.30. The normalized spacial score (nSPS) is 19.7. The van der Waals surface area contributed by atoms with Crippen LogP contribution in [0.25, 0.3) is 0 Å². The van der Waals surface area contributed by atoms with Crippen LogP contribution in [0.5, 0.6) is 0 Å². The number of likely N-dealkylation sites (N-methyl/N-ethyl adjacent to an activating group) is 1. The topological polar surface area (TPSA) is 69.7 Å². The van der Waals surface area contributed by atoms with Crippen LogP contribution in [0.15, 0.2) is 12.7 Å². The van der Waals surface area contributed by atoms with Crippen molar-refractivity contribution in [3.8, 4) is 0 Å². The van der Waals surface area contributed by atoms with E-state index < -0.39 is 11.6 Å². The molecule has 0 aliphatic carbocycles. The Balaban J connectivity index is 4.89. The van der Waals surface area contributed by atoms with Gasteiger partial charge < -0.3 is 15.9 Å². The van der Waals surface area contributed by atoms with E-state index in [-0.39, 0.29) is 12.6 Å². The van der Waals surface area contributed by atoms with E-state index in [1.807, 2.05) is 25.9 Å². The number of aliphatic hydroxyl groups excluding tert-OH is 2. The smallest absolute Gasteiger partial charge is 0.0792 e. The zero-order valence-electron chi connectivity index (χ0n) is 9.98. The lowest BCUT2D eigenvalue weighted by atomic mass is 9.82. The Hall–Kier alpha value is -0.420. The van der Waals surface area contributed by atoms with E-state index in [1.165, 1.54) is 0 Å². The number of hydrogen-bond acceptors (Lipinski definition) is 4. The Kier molecular flexibility index (Phi) is 6.05. The van der Waals surface area contributed by atoms with Crippen molar-refractivity contribution in [2.45, 2.75) is 37.5 Å². The zero-order chi connectivity index (χ0) is 12.1. The maximum absolute atomic E-state index is 9.54. The van der Waals surface area contributed by atoms with Crippen molar-refractivity contribution in [2.75, 3.05) is 20.7 Å². The van der Waals surface area contributed by atoms with E-state index >= 15 is 0 Å². The van der Waals surface area contributed by atoms with Gasteiger partial charge in [0.25, 0.3) is 0 Å². The summed E-state index contributed by atoms with van der Waals surface area (Å²) in [5.41, 5.74) is 5.60. The predicted octanol–water partition coefficient (Wildman–Crippen LogP) is -0.0466. The summed E-state index contributed by atoms with van der Waals surface area (Å²) in [7, 11) is 3.81. The average molecular weight is 216 g/mol. The molecule has 0 radical (unpaired) electrons. The van der Waals surface area contributed by atoms with Crippen molar-refractivity contribution in [2.24, 2.45) is 5.73 Å². The maximum Gasteiger partial charge on any atom is 0.0792 e. The minimum absolute atomic E-state index is 0.105. The molecule has 4 nitrogen and oxygen atoms in total. The number of aliphatic hydroxyl groups is 2. The molecule has 0 bridgehead atoms. The SMILES string of the molecule is C=CC(CC(O)CO)(C(N)CC)N(C)C. The molecule has 0 aliphatic rings. The van der Waals surface area contributed by atoms with E-state index in [0.717, 1.165) is 6.42 Å². The summed E-state index contributed by atoms with van der Waals surface area (Å²) in [4.78, 5) is 1.95. The van der Waals surface area contributed by atoms with Gasteiger partial charge in [0.05, 0.1) is 18.2 Å². The van der Waals surface area contributed by atoms with Crippen LogP contribution in [-0.2, 0) is 0 Å². The van der Waals surface area contributed by atoms with E-state index in [4.69, 9.17) is 10.8 Å². The third-order valence-electron chi connectivity index (χ3n) is 3.04. The average Bonchev–Trinajstić information content (AvgIpc) is 2.23. The minimum atomic E-state index is -0.761. The first-order valence-electron chi connectivity index (χ1n) is 5.30. The second-order valence-corrected chi connectivity index (χ2v) is 4.15. The molecule has 4 N–H and O–H groups in total. The standard InChI is InChI=1S/C11H24N2O2/c1-5-10(12)11(6-2,13(3)4)7-9(15)8-14/h6,9-10,14-15H,2,5,7-8,12H2,1,3-4H3. The number of hydrogen-bond donors (Lipinski definition) is 3. The second kappa shape index (κ2) is 6.23. The Labute approximate surface area is 92.4 Å². The Bertz CT molecular complexity index is 197. The quantitative estimate of drug-likeness (QED) is 0.522. The van der Waals surface area contributed by atoms with Crippen LogP contribution in [0, 0.1) is 0 Å². The van der Waals surface area contributed by atoms with Gasteiger partial charge in [0.2, 0.25) is 0 Å². The molecule has 0 spiro atoms. The molecule has 3 unspecified atom stereocenters. The molecule has 0 saturated carbocycles. The number of nitrogens with zero attached hydrogens (tertiary/aromatic N) is 1. The number of rotatable bonds is 7. The summed E-state index contributed by atoms with van der Waals surface area (Å²) in [6, 6.07) is -0.105. The van der Waals surface area contributed by atoms with Gasteiger partial charge in [-0.15, -0.1) is 6.58 Å². The lowest BCUT2D eigenvalue weighted by Crippen LogP contribution is -2.57. The highest BCUT2D eigenvalue weighted by molar-refractivity contribution is 5.10. The Morgan fingerprint density at radius 1 is 1.53 bits per heavy atom. The minimum Gasteiger partial charge on any atom is -0.394 e. The lowest BCUT2D eigenvalue weighted by Gasteiger charge is -2.43. The first-order chi connectivity index (χ1) is 6.94. The fraction of sp³-hybridized carbons (Fsp3) is 0.818. The van der Waals surface area contributed by atoms with Crippen molar-refractivity contribution >= 4 is 0 Å². The van der Waals surface area contributed by atoms with Gasteiger partial charge in [-0.05, 0) is 26.9 Å². The summed E-state index contributed by atoms with van der Waals surface area (Å²) >= 11 is 0. The van der Waals surface area contributed by atoms with Gasteiger partial charge in [-0.25, -0.2) is 0 Å². The summed E-state index contributed by atoms with van der Waals surface area (Å²) in [5.74, 6) is 0. The second-order valence-electron chi connectivity index (χ2n) is 4.15. The van der Waals surface area contributed by atoms with Gasteiger partial charge in [0.1, 0.15) is 0 Å². The largest absolute Gasteiger partial charge is 0.394 e. The molecular formula is C11H24N2O2. The summed E-state index contributed by atoms with van der Waals surface area (Å²) in [5, 5.41) is 18.4. The molecule has 4 heteroatoms. The molecule has 15 heavy (non-hydrogen) atoms. The summed E-state index contributed by atoms with van der Waals surface area (Å²) < 4.78 is 0. The predicted molar refractivity (Wildman–Crippen MR) is 62.6 cm³/mol. The highest BCUT2D eigenvalue weighted by atomic mass is 16.3. The first kappa shape index (κ1) is 14.6. The molecule has 90 valence electrons. The zero-order valence-corrected chi connectivity index (χ0v) is 9.98. The van der Waals surface area contributed by atoms with E-state index in [0.29, 0.717) is 6.42 Å². The third-order valence-corrected chi connectivity index (χ3v) is 3.04. The fourth-order valence-corrected chi connectivity index (χ4v) is 1.88. The molecule has 0 rings (SSSR count). The van der Waals surface area contributed by atoms with Crippen LogP contribution in [0.1, 0.15) is 19.8 Å². The molecule has 0 aliphatic heterocycles. The molecule has 0 amide bonds. The van der Waals surface area contributed by atoms with E-state index in [2.05, 4.69) is 6.58 Å².